The van der Waals surface area contributed by atoms with E-state index in [0.717, 1.165) is 23.3 Å². The molecule has 34 heavy (non-hydrogen) atoms. The summed E-state index contributed by atoms with van der Waals surface area (Å²) in [6.07, 6.45) is 1.42. The molecule has 1 heterocycles. The standard InChI is InChI=1S/C27H27FN2O4/c1-33-23-12-7-18(8-13-23)24-16-22(11-14-25(24)34-2)29-26(31)20-4-3-15-30(17-20)27(32)19-5-9-21(28)10-6-19/h5-14,16,20H,3-4,15,17H2,1-2H3,(H,29,31). The summed E-state index contributed by atoms with van der Waals surface area (Å²) >= 11 is 0. The highest BCUT2D eigenvalue weighted by Gasteiger charge is 2.29. The van der Waals surface area contributed by atoms with E-state index in [2.05, 4.69) is 5.32 Å². The Labute approximate surface area is 198 Å². The summed E-state index contributed by atoms with van der Waals surface area (Å²) < 4.78 is 23.9. The van der Waals surface area contributed by atoms with Crippen LogP contribution < -0.4 is 14.8 Å². The number of nitrogens with zero attached hydrogens (tertiary/aromatic N) is 1. The summed E-state index contributed by atoms with van der Waals surface area (Å²) in [5, 5.41) is 3.00. The summed E-state index contributed by atoms with van der Waals surface area (Å²) in [4.78, 5) is 27.5. The van der Waals surface area contributed by atoms with Crippen molar-refractivity contribution in [1.82, 2.24) is 4.90 Å². The minimum absolute atomic E-state index is 0.137. The minimum Gasteiger partial charge on any atom is -0.497 e. The third-order valence-corrected chi connectivity index (χ3v) is 6.04. The average Bonchev–Trinajstić information content (AvgIpc) is 2.89. The van der Waals surface area contributed by atoms with E-state index < -0.39 is 0 Å². The number of benzene rings is 3. The Morgan fingerprint density at radius 3 is 2.38 bits per heavy atom. The molecule has 1 atom stereocenters. The minimum atomic E-state index is -0.388. The van der Waals surface area contributed by atoms with Crippen LogP contribution in [0.25, 0.3) is 11.1 Å². The molecule has 4 rings (SSSR count). The number of ether oxygens (including phenoxy) is 2. The predicted octanol–water partition coefficient (Wildman–Crippen LogP) is 5.00. The molecule has 1 saturated heterocycles. The number of carbonyl (C=O) groups excluding carboxylic acids is 2. The van der Waals surface area contributed by atoms with Crippen LogP contribution in [0.1, 0.15) is 23.2 Å². The van der Waals surface area contributed by atoms with Gasteiger partial charge in [0.15, 0.2) is 0 Å². The van der Waals surface area contributed by atoms with E-state index in [4.69, 9.17) is 9.47 Å². The molecule has 6 nitrogen and oxygen atoms in total. The van der Waals surface area contributed by atoms with Gasteiger partial charge in [0.05, 0.1) is 20.1 Å². The van der Waals surface area contributed by atoms with Gasteiger partial charge < -0.3 is 19.7 Å². The molecule has 1 aliphatic rings. The second kappa shape index (κ2) is 10.4. The fourth-order valence-corrected chi connectivity index (χ4v) is 4.18. The SMILES string of the molecule is COc1ccc(-c2cc(NC(=O)C3CCCN(C(=O)c4ccc(F)cc4)C3)ccc2OC)cc1. The number of anilines is 1. The van der Waals surface area contributed by atoms with Crippen molar-refractivity contribution in [1.29, 1.82) is 0 Å². The first-order chi connectivity index (χ1) is 16.5. The van der Waals surface area contributed by atoms with Gasteiger partial charge in [-0.05, 0) is 73.0 Å². The summed E-state index contributed by atoms with van der Waals surface area (Å²) in [6.45, 7) is 0.897. The Morgan fingerprint density at radius 2 is 1.71 bits per heavy atom. The van der Waals surface area contributed by atoms with Crippen molar-refractivity contribution in [2.24, 2.45) is 5.92 Å². The lowest BCUT2D eigenvalue weighted by Crippen LogP contribution is -2.43. The molecule has 2 amide bonds. The van der Waals surface area contributed by atoms with Crippen LogP contribution in [0, 0.1) is 11.7 Å². The van der Waals surface area contributed by atoms with Crippen molar-refractivity contribution in [2.45, 2.75) is 12.8 Å². The lowest BCUT2D eigenvalue weighted by Gasteiger charge is -2.32. The fourth-order valence-electron chi connectivity index (χ4n) is 4.18. The van der Waals surface area contributed by atoms with E-state index in [0.29, 0.717) is 36.5 Å². The van der Waals surface area contributed by atoms with Crippen LogP contribution >= 0.6 is 0 Å². The van der Waals surface area contributed by atoms with E-state index in [-0.39, 0.29) is 23.5 Å². The third-order valence-electron chi connectivity index (χ3n) is 6.04. The zero-order chi connectivity index (χ0) is 24.1. The Morgan fingerprint density at radius 1 is 0.971 bits per heavy atom. The van der Waals surface area contributed by atoms with Crippen LogP contribution in [-0.4, -0.2) is 44.0 Å². The summed E-state index contributed by atoms with van der Waals surface area (Å²) in [5.74, 6) is 0.401. The molecule has 1 fully saturated rings. The largest absolute Gasteiger partial charge is 0.497 e. The molecule has 1 N–H and O–H groups in total. The van der Waals surface area contributed by atoms with Crippen LogP contribution in [0.15, 0.2) is 66.7 Å². The predicted molar refractivity (Wildman–Crippen MR) is 129 cm³/mol. The molecule has 176 valence electrons. The smallest absolute Gasteiger partial charge is 0.253 e. The first kappa shape index (κ1) is 23.3. The van der Waals surface area contributed by atoms with Crippen LogP contribution in [0.3, 0.4) is 0 Å². The monoisotopic (exact) mass is 462 g/mol. The van der Waals surface area contributed by atoms with Crippen molar-refractivity contribution in [3.8, 4) is 22.6 Å². The molecule has 0 aliphatic carbocycles. The molecule has 0 aromatic heterocycles. The molecule has 1 unspecified atom stereocenters. The van der Waals surface area contributed by atoms with Gasteiger partial charge in [0, 0.05) is 29.9 Å². The van der Waals surface area contributed by atoms with Crippen LogP contribution in [0.2, 0.25) is 0 Å². The fraction of sp³-hybridized carbons (Fsp3) is 0.259. The van der Waals surface area contributed by atoms with Crippen LogP contribution in [0.5, 0.6) is 11.5 Å². The van der Waals surface area contributed by atoms with Crippen molar-refractivity contribution in [2.75, 3.05) is 32.6 Å². The van der Waals surface area contributed by atoms with Gasteiger partial charge in [-0.15, -0.1) is 0 Å². The number of piperidine rings is 1. The van der Waals surface area contributed by atoms with Gasteiger partial charge in [0.1, 0.15) is 17.3 Å². The number of rotatable bonds is 6. The highest BCUT2D eigenvalue weighted by atomic mass is 19.1. The van der Waals surface area contributed by atoms with Gasteiger partial charge in [0.25, 0.3) is 5.91 Å². The molecule has 3 aromatic carbocycles. The van der Waals surface area contributed by atoms with Crippen molar-refractivity contribution in [3.63, 3.8) is 0 Å². The quantitative estimate of drug-likeness (QED) is 0.560. The highest BCUT2D eigenvalue weighted by molar-refractivity contribution is 5.96. The number of amides is 2. The van der Waals surface area contributed by atoms with Crippen molar-refractivity contribution in [3.05, 3.63) is 78.1 Å². The van der Waals surface area contributed by atoms with Gasteiger partial charge in [-0.3, -0.25) is 9.59 Å². The number of halogens is 1. The molecule has 0 spiro atoms. The van der Waals surface area contributed by atoms with E-state index in [1.54, 1.807) is 25.2 Å². The van der Waals surface area contributed by atoms with E-state index in [1.807, 2.05) is 36.4 Å². The van der Waals surface area contributed by atoms with E-state index in [1.165, 1.54) is 24.3 Å². The highest BCUT2D eigenvalue weighted by Crippen LogP contribution is 2.34. The number of likely N-dealkylation sites (tertiary alicyclic amines) is 1. The van der Waals surface area contributed by atoms with Gasteiger partial charge in [-0.2, -0.15) is 0 Å². The second-order valence-electron chi connectivity index (χ2n) is 8.23. The summed E-state index contributed by atoms with van der Waals surface area (Å²) in [5.41, 5.74) is 2.85. The average molecular weight is 463 g/mol. The third kappa shape index (κ3) is 5.20. The first-order valence-electron chi connectivity index (χ1n) is 11.2. The maximum atomic E-state index is 13.2. The zero-order valence-corrected chi connectivity index (χ0v) is 19.2. The molecule has 0 saturated carbocycles. The Bertz CT molecular complexity index is 1160. The lowest BCUT2D eigenvalue weighted by molar-refractivity contribution is -0.121. The molecular weight excluding hydrogens is 435 g/mol. The number of nitrogens with one attached hydrogen (secondary N) is 1. The van der Waals surface area contributed by atoms with E-state index >= 15 is 0 Å². The second-order valence-corrected chi connectivity index (χ2v) is 8.23. The van der Waals surface area contributed by atoms with Gasteiger partial charge in [0.2, 0.25) is 5.91 Å². The van der Waals surface area contributed by atoms with E-state index in [9.17, 15) is 14.0 Å². The van der Waals surface area contributed by atoms with Gasteiger partial charge >= 0.3 is 0 Å². The molecule has 3 aromatic rings. The molecular formula is C27H27FN2O4. The Hall–Kier alpha value is -3.87. The zero-order valence-electron chi connectivity index (χ0n) is 19.2. The maximum absolute atomic E-state index is 13.2. The maximum Gasteiger partial charge on any atom is 0.253 e. The number of methoxy groups -OCH3 is 2. The molecule has 1 aliphatic heterocycles. The lowest BCUT2D eigenvalue weighted by atomic mass is 9.96. The van der Waals surface area contributed by atoms with Crippen LogP contribution in [-0.2, 0) is 4.79 Å². The number of hydrogen-bond donors (Lipinski definition) is 1. The molecule has 7 heteroatoms. The summed E-state index contributed by atoms with van der Waals surface area (Å²) in [7, 11) is 3.22. The number of hydrogen-bond acceptors (Lipinski definition) is 4. The molecule has 0 radical (unpaired) electrons. The topological polar surface area (TPSA) is 67.9 Å². The Balaban J connectivity index is 1.47. The van der Waals surface area contributed by atoms with Gasteiger partial charge in [-0.1, -0.05) is 12.1 Å². The summed E-state index contributed by atoms with van der Waals surface area (Å²) in [6, 6.07) is 18.6. The van der Waals surface area contributed by atoms with Gasteiger partial charge in [-0.25, -0.2) is 4.39 Å². The van der Waals surface area contributed by atoms with Crippen molar-refractivity contribution < 1.29 is 23.5 Å². The van der Waals surface area contributed by atoms with Crippen LogP contribution in [0.4, 0.5) is 10.1 Å². The first-order valence-corrected chi connectivity index (χ1v) is 11.2. The Kier molecular flexibility index (Phi) is 7.11. The number of carbonyl (C=O) groups is 2. The molecule has 0 bridgehead atoms. The van der Waals surface area contributed by atoms with Crippen molar-refractivity contribution >= 4 is 17.5 Å². The normalized spacial score (nSPS) is 15.5.